The molecule has 4 amide bonds. The van der Waals surface area contributed by atoms with Gasteiger partial charge in [-0.3, -0.25) is 24.2 Å². The van der Waals surface area contributed by atoms with Crippen LogP contribution < -0.4 is 16.1 Å². The minimum absolute atomic E-state index is 0.000168. The van der Waals surface area contributed by atoms with Crippen molar-refractivity contribution in [3.8, 4) is 0 Å². The second-order valence-electron chi connectivity index (χ2n) is 11.1. The second-order valence-corrected chi connectivity index (χ2v) is 12.0. The number of rotatable bonds is 18. The Balaban J connectivity index is 1.76. The largest absolute Gasteiger partial charge is 0.368 e. The molecule has 2 heterocycles. The van der Waals surface area contributed by atoms with Gasteiger partial charge < -0.3 is 29.7 Å². The van der Waals surface area contributed by atoms with E-state index in [-0.39, 0.29) is 19.6 Å². The highest BCUT2D eigenvalue weighted by Gasteiger charge is 2.34. The molecule has 0 bridgehead atoms. The zero-order valence-corrected chi connectivity index (χ0v) is 27.7. The number of amides is 4. The molecule has 3 N–H and O–H groups in total. The Bertz CT molecular complexity index is 1420. The summed E-state index contributed by atoms with van der Waals surface area (Å²) in [5.74, 6) is -2.12. The fourth-order valence-electron chi connectivity index (χ4n) is 4.22. The minimum atomic E-state index is -1.60. The van der Waals surface area contributed by atoms with Crippen LogP contribution in [0.3, 0.4) is 0 Å². The van der Waals surface area contributed by atoms with Gasteiger partial charge in [-0.05, 0) is 74.7 Å². The molecular weight excluding hydrogens is 614 g/mol. The van der Waals surface area contributed by atoms with Gasteiger partial charge in [0.2, 0.25) is 5.91 Å². The quantitative estimate of drug-likeness (QED) is 0.106. The predicted octanol–water partition coefficient (Wildman–Crippen LogP) is 3.32. The highest BCUT2D eigenvalue weighted by molar-refractivity contribution is 7.17. The van der Waals surface area contributed by atoms with E-state index in [2.05, 4.69) is 21.1 Å². The number of hydrogen-bond donors (Lipinski definition) is 3. The molecule has 3 rings (SSSR count). The molecule has 0 aliphatic carbocycles. The summed E-state index contributed by atoms with van der Waals surface area (Å²) in [6.45, 7) is 8.90. The number of carbonyl (C=O) groups is 4. The number of ether oxygens (including phenoxy) is 3. The highest BCUT2D eigenvalue weighted by atomic mass is 32.1. The first-order valence-corrected chi connectivity index (χ1v) is 15.9. The van der Waals surface area contributed by atoms with Gasteiger partial charge in [0.1, 0.15) is 6.61 Å². The maximum absolute atomic E-state index is 14.2. The highest BCUT2D eigenvalue weighted by Crippen LogP contribution is 2.27. The van der Waals surface area contributed by atoms with Crippen molar-refractivity contribution >= 4 is 45.1 Å². The predicted molar refractivity (Wildman–Crippen MR) is 172 cm³/mol. The average Bonchev–Trinajstić information content (AvgIpc) is 3.44. The van der Waals surface area contributed by atoms with Gasteiger partial charge in [0, 0.05) is 43.4 Å². The van der Waals surface area contributed by atoms with Gasteiger partial charge in [-0.15, -0.1) is 11.3 Å². The van der Waals surface area contributed by atoms with Crippen molar-refractivity contribution in [3.05, 3.63) is 65.3 Å². The zero-order valence-electron chi connectivity index (χ0n) is 26.9. The van der Waals surface area contributed by atoms with Gasteiger partial charge in [-0.25, -0.2) is 10.3 Å². The van der Waals surface area contributed by atoms with Gasteiger partial charge in [-0.2, -0.15) is 0 Å². The summed E-state index contributed by atoms with van der Waals surface area (Å²) in [5, 5.41) is 7.98. The van der Waals surface area contributed by atoms with Crippen LogP contribution in [0.2, 0.25) is 0 Å². The van der Waals surface area contributed by atoms with Crippen molar-refractivity contribution in [2.45, 2.75) is 65.6 Å². The fourth-order valence-corrected chi connectivity index (χ4v) is 5.17. The fraction of sp³-hybridized carbons (Fsp3) is 0.469. The number of Topliss-reactive ketones (excluding diaryl/α,β-unsaturated/α-hetero) is 1. The monoisotopic (exact) mass is 657 g/mol. The first kappa shape index (κ1) is 36.5. The minimum Gasteiger partial charge on any atom is -0.368 e. The molecule has 2 aromatic heterocycles. The molecular formula is C32H43N5O8S. The number of hydroxylamine groups is 1. The van der Waals surface area contributed by atoms with E-state index >= 15 is 0 Å². The maximum Gasteiger partial charge on any atom is 0.338 e. The average molecular weight is 658 g/mol. The van der Waals surface area contributed by atoms with Crippen LogP contribution in [0, 0.1) is 0 Å². The molecule has 0 saturated heterocycles. The van der Waals surface area contributed by atoms with Crippen LogP contribution in [-0.2, 0) is 46.5 Å². The number of pyridine rings is 1. The van der Waals surface area contributed by atoms with E-state index < -0.39 is 54.8 Å². The number of aromatic nitrogens is 1. The summed E-state index contributed by atoms with van der Waals surface area (Å²) in [4.78, 5) is 63.1. The van der Waals surface area contributed by atoms with Gasteiger partial charge in [0.05, 0.1) is 12.1 Å². The van der Waals surface area contributed by atoms with Crippen molar-refractivity contribution in [1.29, 1.82) is 0 Å². The Hall–Kier alpha value is -3.95. The number of carbonyl (C=O) groups excluding carboxylic acids is 4. The van der Waals surface area contributed by atoms with Gasteiger partial charge in [0.15, 0.2) is 24.7 Å². The zero-order chi connectivity index (χ0) is 33.5. The summed E-state index contributed by atoms with van der Waals surface area (Å²) < 4.78 is 18.2. The molecule has 46 heavy (non-hydrogen) atoms. The Kier molecular flexibility index (Phi) is 14.5. The molecule has 250 valence electrons. The van der Waals surface area contributed by atoms with Crippen LogP contribution in [0.15, 0.2) is 54.2 Å². The second kappa shape index (κ2) is 18.3. The third-order valence-corrected chi connectivity index (χ3v) is 7.41. The van der Waals surface area contributed by atoms with Crippen LogP contribution in [0.5, 0.6) is 0 Å². The standard InChI is InChI=1S/C32H43N5O8S/c1-6-42-28(43-7-2)18-37(17-23-21-46-26-11-9-8-10-24(23)26)30(40)29(25(38)19-44-32(3,4)5)35-27(39)20-45-36-31(41)34-16-22-12-14-33-15-13-22/h8-15,21,28-29H,6-7,16-20H2,1-5H3,(H,35,39)(H2,34,36,41). The Labute approximate surface area is 272 Å². The van der Waals surface area contributed by atoms with E-state index in [0.29, 0.717) is 13.2 Å². The maximum atomic E-state index is 14.2. The molecule has 1 unspecified atom stereocenters. The van der Waals surface area contributed by atoms with E-state index in [1.54, 1.807) is 56.6 Å². The number of nitrogens with one attached hydrogen (secondary N) is 3. The van der Waals surface area contributed by atoms with Gasteiger partial charge in [-0.1, -0.05) is 18.2 Å². The first-order chi connectivity index (χ1) is 22.0. The third kappa shape index (κ3) is 12.1. The van der Waals surface area contributed by atoms with Crippen molar-refractivity contribution in [1.82, 2.24) is 26.0 Å². The van der Waals surface area contributed by atoms with E-state index in [1.807, 2.05) is 43.5 Å². The topological polar surface area (TPSA) is 157 Å². The molecule has 1 atom stereocenters. The van der Waals surface area contributed by atoms with Gasteiger partial charge in [0.25, 0.3) is 5.91 Å². The lowest BCUT2D eigenvalue weighted by molar-refractivity contribution is -0.163. The number of benzene rings is 1. The van der Waals surface area contributed by atoms with Crippen LogP contribution in [0.25, 0.3) is 10.1 Å². The number of nitrogens with zero attached hydrogens (tertiary/aromatic N) is 2. The number of ketones is 1. The van der Waals surface area contributed by atoms with Crippen LogP contribution in [0.4, 0.5) is 4.79 Å². The van der Waals surface area contributed by atoms with Crippen LogP contribution in [-0.4, -0.2) is 84.4 Å². The van der Waals surface area contributed by atoms with E-state index in [9.17, 15) is 19.2 Å². The molecule has 3 aromatic rings. The molecule has 14 heteroatoms. The SMILES string of the molecule is CCOC(CN(Cc1csc2ccccc12)C(=O)C(NC(=O)CONC(=O)NCc1ccncc1)C(=O)COC(C)(C)C)OCC. The van der Waals surface area contributed by atoms with E-state index in [1.165, 1.54) is 4.90 Å². The summed E-state index contributed by atoms with van der Waals surface area (Å²) >= 11 is 1.54. The normalized spacial score (nSPS) is 12.1. The Morgan fingerprint density at radius 1 is 0.978 bits per heavy atom. The number of urea groups is 1. The number of fused-ring (bicyclic) bond motifs is 1. The lowest BCUT2D eigenvalue weighted by atomic mass is 10.1. The first-order valence-electron chi connectivity index (χ1n) is 15.0. The molecule has 0 fully saturated rings. The number of thiophene rings is 1. The Morgan fingerprint density at radius 2 is 1.67 bits per heavy atom. The lowest BCUT2D eigenvalue weighted by Crippen LogP contribution is -2.56. The van der Waals surface area contributed by atoms with Crippen molar-refractivity contribution in [2.75, 3.05) is 33.0 Å². The summed E-state index contributed by atoms with van der Waals surface area (Å²) in [5.41, 5.74) is 3.13. The van der Waals surface area contributed by atoms with Crippen LogP contribution in [0.1, 0.15) is 45.7 Å². The lowest BCUT2D eigenvalue weighted by Gasteiger charge is -2.31. The molecule has 0 saturated carbocycles. The smallest absolute Gasteiger partial charge is 0.338 e. The molecule has 13 nitrogen and oxygen atoms in total. The summed E-state index contributed by atoms with van der Waals surface area (Å²) in [6, 6.07) is 8.99. The molecule has 0 radical (unpaired) electrons. The Morgan fingerprint density at radius 3 is 2.35 bits per heavy atom. The van der Waals surface area contributed by atoms with Gasteiger partial charge >= 0.3 is 6.03 Å². The number of hydrogen-bond acceptors (Lipinski definition) is 10. The summed E-state index contributed by atoms with van der Waals surface area (Å²) in [6.07, 6.45) is 2.43. The molecule has 0 aliphatic rings. The van der Waals surface area contributed by atoms with Crippen molar-refractivity contribution < 1.29 is 38.2 Å². The third-order valence-electron chi connectivity index (χ3n) is 6.40. The summed E-state index contributed by atoms with van der Waals surface area (Å²) in [7, 11) is 0. The molecule has 0 aliphatic heterocycles. The molecule has 1 aromatic carbocycles. The van der Waals surface area contributed by atoms with Crippen molar-refractivity contribution in [3.63, 3.8) is 0 Å². The van der Waals surface area contributed by atoms with Crippen molar-refractivity contribution in [2.24, 2.45) is 0 Å². The molecule has 0 spiro atoms. The van der Waals surface area contributed by atoms with E-state index in [4.69, 9.17) is 19.0 Å². The van der Waals surface area contributed by atoms with E-state index in [0.717, 1.165) is 21.2 Å². The van der Waals surface area contributed by atoms with Crippen LogP contribution >= 0.6 is 11.3 Å².